The number of hydrogen-bond donors (Lipinski definition) is 1. The fourth-order valence-corrected chi connectivity index (χ4v) is 3.56. The Balaban J connectivity index is 2.17. The van der Waals surface area contributed by atoms with Crippen molar-refractivity contribution in [3.63, 3.8) is 0 Å². The molecule has 1 aromatic carbocycles. The van der Waals surface area contributed by atoms with Crippen molar-refractivity contribution in [2.45, 2.75) is 44.3 Å². The molecule has 0 bridgehead atoms. The van der Waals surface area contributed by atoms with Crippen molar-refractivity contribution in [3.8, 4) is 0 Å². The monoisotopic (exact) mass is 309 g/mol. The number of benzene rings is 1. The molecule has 1 aliphatic rings. The first-order valence-corrected chi connectivity index (χ1v) is 8.32. The van der Waals surface area contributed by atoms with E-state index in [4.69, 9.17) is 17.3 Å². The maximum Gasteiger partial charge on any atom is 0.0513 e. The smallest absolute Gasteiger partial charge is 0.0513 e. The van der Waals surface area contributed by atoms with Gasteiger partial charge in [-0.2, -0.15) is 0 Å². The normalized spacial score (nSPS) is 20.7. The summed E-state index contributed by atoms with van der Waals surface area (Å²) in [5, 5.41) is 0.834. The lowest BCUT2D eigenvalue weighted by molar-refractivity contribution is 0.0949. The Kier molecular flexibility index (Phi) is 6.06. The molecular weight excluding hydrogens is 282 g/mol. The average Bonchev–Trinajstić information content (AvgIpc) is 2.49. The van der Waals surface area contributed by atoms with Gasteiger partial charge in [0.05, 0.1) is 6.04 Å². The predicted octanol–water partition coefficient (Wildman–Crippen LogP) is 3.14. The Morgan fingerprint density at radius 1 is 1.29 bits per heavy atom. The fourth-order valence-electron chi connectivity index (χ4n) is 3.32. The largest absolute Gasteiger partial charge is 0.326 e. The summed E-state index contributed by atoms with van der Waals surface area (Å²) in [5.74, 6) is 0. The molecule has 21 heavy (non-hydrogen) atoms. The molecule has 2 unspecified atom stereocenters. The summed E-state index contributed by atoms with van der Waals surface area (Å²) in [7, 11) is 4.34. The highest BCUT2D eigenvalue weighted by Gasteiger charge is 2.31. The number of rotatable bonds is 5. The van der Waals surface area contributed by atoms with Crippen molar-refractivity contribution < 1.29 is 0 Å². The first kappa shape index (κ1) is 16.8. The summed E-state index contributed by atoms with van der Waals surface area (Å²) in [4.78, 5) is 4.86. The molecule has 4 heteroatoms. The molecule has 1 fully saturated rings. The van der Waals surface area contributed by atoms with E-state index in [9.17, 15) is 0 Å². The standard InChI is InChI=1S/C17H28ClN3/c1-4-16(19)17(14-7-5-6-8-15(14)18)21-11-9-13(10-12-21)20(2)3/h5-8,13,16-17H,4,9-12,19H2,1-3H3. The minimum atomic E-state index is 0.126. The van der Waals surface area contributed by atoms with Gasteiger partial charge in [0, 0.05) is 30.2 Å². The van der Waals surface area contributed by atoms with Gasteiger partial charge in [0.15, 0.2) is 0 Å². The molecule has 0 saturated carbocycles. The van der Waals surface area contributed by atoms with Gasteiger partial charge >= 0.3 is 0 Å². The van der Waals surface area contributed by atoms with E-state index in [1.54, 1.807) is 0 Å². The Labute approximate surface area is 134 Å². The van der Waals surface area contributed by atoms with Gasteiger partial charge in [0.1, 0.15) is 0 Å². The Bertz CT molecular complexity index is 441. The second-order valence-electron chi connectivity index (χ2n) is 6.27. The lowest BCUT2D eigenvalue weighted by Crippen LogP contribution is -2.48. The molecule has 3 nitrogen and oxygen atoms in total. The molecule has 1 aliphatic heterocycles. The number of piperidine rings is 1. The molecule has 0 amide bonds. The van der Waals surface area contributed by atoms with Crippen LogP contribution in [-0.2, 0) is 0 Å². The number of likely N-dealkylation sites (tertiary alicyclic amines) is 1. The third-order valence-corrected chi connectivity index (χ3v) is 5.07. The second-order valence-corrected chi connectivity index (χ2v) is 6.68. The maximum atomic E-state index is 6.43. The van der Waals surface area contributed by atoms with E-state index in [2.05, 4.69) is 43.0 Å². The van der Waals surface area contributed by atoms with Gasteiger partial charge in [-0.1, -0.05) is 36.7 Å². The third-order valence-electron chi connectivity index (χ3n) is 4.72. The minimum Gasteiger partial charge on any atom is -0.326 e. The SMILES string of the molecule is CCC(N)C(c1ccccc1Cl)N1CCC(N(C)C)CC1. The highest BCUT2D eigenvalue weighted by molar-refractivity contribution is 6.31. The minimum absolute atomic E-state index is 0.126. The molecule has 1 heterocycles. The van der Waals surface area contributed by atoms with Crippen LogP contribution in [0.15, 0.2) is 24.3 Å². The molecule has 0 aromatic heterocycles. The molecular formula is C17H28ClN3. The summed E-state index contributed by atoms with van der Waals surface area (Å²) in [6.07, 6.45) is 3.36. The van der Waals surface area contributed by atoms with Gasteiger partial charge in [0.2, 0.25) is 0 Å². The Hall–Kier alpha value is -0.610. The lowest BCUT2D eigenvalue weighted by Gasteiger charge is -2.42. The van der Waals surface area contributed by atoms with Crippen molar-refractivity contribution in [3.05, 3.63) is 34.9 Å². The molecule has 0 aliphatic carbocycles. The molecule has 118 valence electrons. The van der Waals surface area contributed by atoms with Crippen LogP contribution in [0.25, 0.3) is 0 Å². The summed E-state index contributed by atoms with van der Waals surface area (Å²) < 4.78 is 0. The number of nitrogens with zero attached hydrogens (tertiary/aromatic N) is 2. The first-order valence-electron chi connectivity index (χ1n) is 7.95. The maximum absolute atomic E-state index is 6.43. The number of hydrogen-bond acceptors (Lipinski definition) is 3. The van der Waals surface area contributed by atoms with E-state index in [1.165, 1.54) is 18.4 Å². The molecule has 2 rings (SSSR count). The van der Waals surface area contributed by atoms with Crippen molar-refractivity contribution >= 4 is 11.6 Å². The molecule has 1 aromatic rings. The van der Waals surface area contributed by atoms with Crippen LogP contribution in [-0.4, -0.2) is 49.1 Å². The van der Waals surface area contributed by atoms with E-state index in [-0.39, 0.29) is 12.1 Å². The van der Waals surface area contributed by atoms with E-state index in [0.717, 1.165) is 24.5 Å². The zero-order chi connectivity index (χ0) is 15.4. The van der Waals surface area contributed by atoms with Crippen LogP contribution < -0.4 is 5.73 Å². The Morgan fingerprint density at radius 2 is 1.90 bits per heavy atom. The zero-order valence-corrected chi connectivity index (χ0v) is 14.2. The van der Waals surface area contributed by atoms with Crippen LogP contribution in [0.3, 0.4) is 0 Å². The third kappa shape index (κ3) is 3.98. The Morgan fingerprint density at radius 3 is 2.43 bits per heavy atom. The highest BCUT2D eigenvalue weighted by atomic mass is 35.5. The van der Waals surface area contributed by atoms with Gasteiger partial charge in [0.25, 0.3) is 0 Å². The topological polar surface area (TPSA) is 32.5 Å². The summed E-state index contributed by atoms with van der Waals surface area (Å²) >= 11 is 6.43. The van der Waals surface area contributed by atoms with E-state index in [1.807, 2.05) is 12.1 Å². The van der Waals surface area contributed by atoms with Gasteiger partial charge in [-0.25, -0.2) is 0 Å². The van der Waals surface area contributed by atoms with Crippen molar-refractivity contribution in [1.29, 1.82) is 0 Å². The van der Waals surface area contributed by atoms with Crippen LogP contribution >= 0.6 is 11.6 Å². The summed E-state index contributed by atoms with van der Waals surface area (Å²) in [6.45, 7) is 4.33. The van der Waals surface area contributed by atoms with Crippen LogP contribution in [0.1, 0.15) is 37.8 Å². The van der Waals surface area contributed by atoms with Gasteiger partial charge in [-0.3, -0.25) is 4.90 Å². The quantitative estimate of drug-likeness (QED) is 0.907. The number of halogens is 1. The summed E-state index contributed by atoms with van der Waals surface area (Å²) in [6, 6.07) is 9.18. The highest BCUT2D eigenvalue weighted by Crippen LogP contribution is 2.33. The molecule has 0 radical (unpaired) electrons. The summed E-state index contributed by atoms with van der Waals surface area (Å²) in [5.41, 5.74) is 7.61. The number of nitrogens with two attached hydrogens (primary N) is 1. The van der Waals surface area contributed by atoms with Gasteiger partial charge in [-0.05, 0) is 45.0 Å². The molecule has 1 saturated heterocycles. The average molecular weight is 310 g/mol. The lowest BCUT2D eigenvalue weighted by atomic mass is 9.93. The van der Waals surface area contributed by atoms with Crippen molar-refractivity contribution in [2.75, 3.05) is 27.2 Å². The van der Waals surface area contributed by atoms with Crippen LogP contribution in [0.5, 0.6) is 0 Å². The molecule has 0 spiro atoms. The predicted molar refractivity (Wildman–Crippen MR) is 90.7 cm³/mol. The van der Waals surface area contributed by atoms with E-state index < -0.39 is 0 Å². The molecule has 2 atom stereocenters. The second kappa shape index (κ2) is 7.59. The van der Waals surface area contributed by atoms with Gasteiger partial charge < -0.3 is 10.6 Å². The van der Waals surface area contributed by atoms with E-state index in [0.29, 0.717) is 6.04 Å². The first-order chi connectivity index (χ1) is 10.0. The fraction of sp³-hybridized carbons (Fsp3) is 0.647. The van der Waals surface area contributed by atoms with Crippen LogP contribution in [0, 0.1) is 0 Å². The van der Waals surface area contributed by atoms with Crippen LogP contribution in [0.2, 0.25) is 5.02 Å². The van der Waals surface area contributed by atoms with Crippen molar-refractivity contribution in [2.24, 2.45) is 5.73 Å². The van der Waals surface area contributed by atoms with Crippen molar-refractivity contribution in [1.82, 2.24) is 9.80 Å². The zero-order valence-electron chi connectivity index (χ0n) is 13.4. The van der Waals surface area contributed by atoms with E-state index >= 15 is 0 Å². The van der Waals surface area contributed by atoms with Crippen LogP contribution in [0.4, 0.5) is 0 Å². The van der Waals surface area contributed by atoms with Gasteiger partial charge in [-0.15, -0.1) is 0 Å². The molecule has 2 N–H and O–H groups in total.